The van der Waals surface area contributed by atoms with E-state index in [0.717, 1.165) is 35.8 Å². The molecule has 326 valence electrons. The van der Waals surface area contributed by atoms with Crippen molar-refractivity contribution in [2.75, 3.05) is 13.7 Å². The summed E-state index contributed by atoms with van der Waals surface area (Å²) in [7, 11) is -1.96. The molecule has 3 heterocycles. The first-order valence-electron chi connectivity index (χ1n) is 21.0. The van der Waals surface area contributed by atoms with Crippen molar-refractivity contribution in [3.8, 4) is 22.8 Å². The summed E-state index contributed by atoms with van der Waals surface area (Å²) in [5, 5.41) is 3.12. The maximum Gasteiger partial charge on any atom is 0.408 e. The number of furan rings is 1. The number of methoxy groups -OCH3 is 1. The highest BCUT2D eigenvalue weighted by molar-refractivity contribution is 7.90. The monoisotopic (exact) mass is 857 g/mol. The lowest BCUT2D eigenvalue weighted by molar-refractivity contribution is -0.139. The third-order valence-electron chi connectivity index (χ3n) is 11.2. The Bertz CT molecular complexity index is 2440. The van der Waals surface area contributed by atoms with Crippen LogP contribution < -0.4 is 25.2 Å². The number of benzene rings is 2. The zero-order chi connectivity index (χ0) is 43.6. The SMILES string of the molecule is COc1ccc(-c2cc(O[C@@H]3C[C@@H](C(N)=O)N(C(=O)[C@H](CCCCC/C=C\[C@@H]4C[C@@H]4C(=O)NS(=O)(=O)C4CC4)NC(=O)OC(C)(C)C)C3)c3oc4ccc(C)cc4c3n2)cc1. The van der Waals surface area contributed by atoms with Gasteiger partial charge in [-0.1, -0.05) is 36.6 Å². The molecule has 4 N–H and O–H groups in total. The van der Waals surface area contributed by atoms with Crippen molar-refractivity contribution in [3.05, 3.63) is 66.2 Å². The van der Waals surface area contributed by atoms with Crippen molar-refractivity contribution >= 4 is 55.9 Å². The van der Waals surface area contributed by atoms with E-state index in [9.17, 15) is 27.6 Å². The van der Waals surface area contributed by atoms with Crippen LogP contribution in [0.2, 0.25) is 0 Å². The summed E-state index contributed by atoms with van der Waals surface area (Å²) in [6.45, 7) is 7.21. The van der Waals surface area contributed by atoms with E-state index in [4.69, 9.17) is 29.3 Å². The van der Waals surface area contributed by atoms with Crippen LogP contribution in [0.4, 0.5) is 4.79 Å². The summed E-state index contributed by atoms with van der Waals surface area (Å²) in [4.78, 5) is 59.1. The Morgan fingerprint density at radius 1 is 1.03 bits per heavy atom. The second-order valence-electron chi connectivity index (χ2n) is 17.4. The lowest BCUT2D eigenvalue weighted by atomic mass is 10.0. The van der Waals surface area contributed by atoms with Crippen molar-refractivity contribution in [2.45, 2.75) is 115 Å². The Morgan fingerprint density at radius 3 is 2.48 bits per heavy atom. The molecule has 16 heteroatoms. The molecule has 1 saturated heterocycles. The molecule has 15 nitrogen and oxygen atoms in total. The summed E-state index contributed by atoms with van der Waals surface area (Å²) in [6, 6.07) is 13.1. The topological polar surface area (TPSA) is 209 Å². The number of primary amides is 1. The number of allylic oxidation sites excluding steroid dienone is 2. The number of aryl methyl sites for hydroxylation is 1. The number of amides is 4. The molecule has 3 aliphatic rings. The fourth-order valence-electron chi connectivity index (χ4n) is 7.76. The predicted molar refractivity (Wildman–Crippen MR) is 229 cm³/mol. The normalized spacial score (nSPS) is 20.8. The molecule has 2 aromatic carbocycles. The summed E-state index contributed by atoms with van der Waals surface area (Å²) in [5.74, 6) is -0.814. The smallest absolute Gasteiger partial charge is 0.408 e. The maximum atomic E-state index is 14.3. The first kappa shape index (κ1) is 43.4. The summed E-state index contributed by atoms with van der Waals surface area (Å²) in [6.07, 6.45) is 7.59. The molecule has 4 amide bonds. The van der Waals surface area contributed by atoms with Crippen LogP contribution >= 0.6 is 0 Å². The van der Waals surface area contributed by atoms with Gasteiger partial charge in [0, 0.05) is 29.4 Å². The number of rotatable bonds is 17. The summed E-state index contributed by atoms with van der Waals surface area (Å²) >= 11 is 0. The van der Waals surface area contributed by atoms with Gasteiger partial charge in [0.1, 0.15) is 40.6 Å². The molecule has 7 rings (SSSR count). The summed E-state index contributed by atoms with van der Waals surface area (Å²) in [5.41, 5.74) is 9.25. The quantitative estimate of drug-likeness (QED) is 0.0777. The number of nitrogens with one attached hydrogen (secondary N) is 2. The highest BCUT2D eigenvalue weighted by Crippen LogP contribution is 2.41. The van der Waals surface area contributed by atoms with Crippen LogP contribution in [0, 0.1) is 18.8 Å². The van der Waals surface area contributed by atoms with Crippen LogP contribution in [-0.2, 0) is 29.1 Å². The molecule has 2 saturated carbocycles. The van der Waals surface area contributed by atoms with Crippen LogP contribution in [0.5, 0.6) is 11.5 Å². The lowest BCUT2D eigenvalue weighted by Gasteiger charge is -2.28. The Morgan fingerprint density at radius 2 is 1.79 bits per heavy atom. The maximum absolute atomic E-state index is 14.3. The van der Waals surface area contributed by atoms with E-state index in [1.54, 1.807) is 33.9 Å². The van der Waals surface area contributed by atoms with E-state index in [0.29, 0.717) is 59.6 Å². The molecule has 61 heavy (non-hydrogen) atoms. The van der Waals surface area contributed by atoms with Crippen molar-refractivity contribution in [2.24, 2.45) is 17.6 Å². The second kappa shape index (κ2) is 17.8. The van der Waals surface area contributed by atoms with Crippen LogP contribution in [-0.4, -0.2) is 84.8 Å². The molecular weight excluding hydrogens is 803 g/mol. The minimum atomic E-state index is -3.56. The van der Waals surface area contributed by atoms with Crippen molar-refractivity contribution in [3.63, 3.8) is 0 Å². The zero-order valence-corrected chi connectivity index (χ0v) is 36.1. The molecule has 5 atom stereocenters. The van der Waals surface area contributed by atoms with Gasteiger partial charge < -0.3 is 34.6 Å². The number of sulfonamides is 1. The molecular formula is C45H55N5O10S. The third kappa shape index (κ3) is 10.6. The van der Waals surface area contributed by atoms with Crippen LogP contribution in [0.1, 0.15) is 84.1 Å². The van der Waals surface area contributed by atoms with Crippen LogP contribution in [0.25, 0.3) is 33.3 Å². The summed E-state index contributed by atoms with van der Waals surface area (Å²) < 4.78 is 50.2. The van der Waals surface area contributed by atoms with Crippen molar-refractivity contribution in [1.82, 2.24) is 19.9 Å². The van der Waals surface area contributed by atoms with Gasteiger partial charge in [-0.15, -0.1) is 0 Å². The van der Waals surface area contributed by atoms with Gasteiger partial charge in [0.25, 0.3) is 0 Å². The Kier molecular flexibility index (Phi) is 12.6. The molecule has 3 fully saturated rings. The van der Waals surface area contributed by atoms with E-state index >= 15 is 0 Å². The molecule has 4 aromatic rings. The van der Waals surface area contributed by atoms with Crippen LogP contribution in [0.3, 0.4) is 0 Å². The fourth-order valence-corrected chi connectivity index (χ4v) is 9.12. The van der Waals surface area contributed by atoms with Crippen molar-refractivity contribution < 1.29 is 46.2 Å². The number of nitrogens with two attached hydrogens (primary N) is 1. The molecule has 2 aromatic heterocycles. The number of alkyl carbamates (subject to hydrolysis) is 1. The number of carbonyl (C=O) groups excluding carboxylic acids is 4. The van der Waals surface area contributed by atoms with Gasteiger partial charge in [0.2, 0.25) is 27.7 Å². The van der Waals surface area contributed by atoms with E-state index in [1.165, 1.54) is 4.90 Å². The van der Waals surface area contributed by atoms with Gasteiger partial charge in [0.15, 0.2) is 11.3 Å². The second-order valence-corrected chi connectivity index (χ2v) is 19.3. The Labute approximate surface area is 355 Å². The third-order valence-corrected chi connectivity index (χ3v) is 13.0. The first-order chi connectivity index (χ1) is 29.0. The molecule has 1 aliphatic heterocycles. The molecule has 0 radical (unpaired) electrons. The van der Waals surface area contributed by atoms with Gasteiger partial charge in [-0.25, -0.2) is 18.2 Å². The lowest BCUT2D eigenvalue weighted by Crippen LogP contribution is -2.53. The Hall–Kier alpha value is -5.64. The van der Waals surface area contributed by atoms with E-state index < -0.39 is 62.9 Å². The van der Waals surface area contributed by atoms with E-state index in [1.807, 2.05) is 61.5 Å². The van der Waals surface area contributed by atoms with E-state index in [2.05, 4.69) is 10.0 Å². The number of aromatic nitrogens is 1. The Balaban J connectivity index is 1.02. The van der Waals surface area contributed by atoms with E-state index in [-0.39, 0.29) is 31.2 Å². The van der Waals surface area contributed by atoms with Crippen molar-refractivity contribution in [1.29, 1.82) is 0 Å². The number of hydrogen-bond acceptors (Lipinski definition) is 11. The molecule has 0 unspecified atom stereocenters. The average Bonchev–Trinajstić information content (AvgIpc) is 4.13. The number of pyridine rings is 1. The first-order valence-corrected chi connectivity index (χ1v) is 22.5. The number of hydrogen-bond donors (Lipinski definition) is 3. The highest BCUT2D eigenvalue weighted by Gasteiger charge is 2.45. The average molecular weight is 858 g/mol. The van der Waals surface area contributed by atoms with Gasteiger partial charge in [-0.05, 0) is 109 Å². The number of unbranched alkanes of at least 4 members (excludes halogenated alkanes) is 3. The van der Waals surface area contributed by atoms with Gasteiger partial charge in [-0.2, -0.15) is 0 Å². The number of ether oxygens (including phenoxy) is 3. The standard InChI is InChI=1S/C45H55N5O10S/c1-26-13-20-37-33(21-26)39-40(59-37)38(24-35(47-39)27-14-16-29(57-5)17-15-27)58-30-23-36(41(46)51)50(25-30)43(53)34(48-44(54)60-45(2,3)4)12-10-8-6-7-9-11-28-22-32(28)42(52)49-61(55,56)31-18-19-31/h9,11,13-17,20-21,24,28,30-32,34,36H,6-8,10,12,18-19,22-23,25H2,1-5H3,(H2,46,51)(H,48,54)(H,49,52)/b11-9-/t28-,30-,32+,34+,36+/m1/s1. The van der Waals surface area contributed by atoms with Gasteiger partial charge in [0.05, 0.1) is 24.6 Å². The number of nitrogens with zero attached hydrogens (tertiary/aromatic N) is 2. The zero-order valence-electron chi connectivity index (χ0n) is 35.3. The van der Waals surface area contributed by atoms with Gasteiger partial charge in [-0.3, -0.25) is 19.1 Å². The number of likely N-dealkylation sites (tertiary alicyclic amines) is 1. The fraction of sp³-hybridized carbons (Fsp3) is 0.489. The minimum Gasteiger partial charge on any atom is -0.497 e. The van der Waals surface area contributed by atoms with Gasteiger partial charge >= 0.3 is 6.09 Å². The molecule has 0 bridgehead atoms. The van der Waals surface area contributed by atoms with Crippen LogP contribution in [0.15, 0.2) is 65.1 Å². The molecule has 2 aliphatic carbocycles. The largest absolute Gasteiger partial charge is 0.497 e. The predicted octanol–water partition coefficient (Wildman–Crippen LogP) is 6.44. The highest BCUT2D eigenvalue weighted by atomic mass is 32.2. The molecule has 0 spiro atoms. The number of fused-ring (bicyclic) bond motifs is 3. The number of carbonyl (C=O) groups is 4. The minimum absolute atomic E-state index is 0.0176.